The molecule has 1 aliphatic heterocycles. The first kappa shape index (κ1) is 16.2. The van der Waals surface area contributed by atoms with Gasteiger partial charge >= 0.3 is 5.69 Å². The second-order valence-electron chi connectivity index (χ2n) is 5.99. The highest BCUT2D eigenvalue weighted by Gasteiger charge is 2.27. The van der Waals surface area contributed by atoms with Gasteiger partial charge in [0.1, 0.15) is 5.56 Å². The van der Waals surface area contributed by atoms with Crippen molar-refractivity contribution in [3.05, 3.63) is 61.8 Å². The van der Waals surface area contributed by atoms with Crippen molar-refractivity contribution in [3.63, 3.8) is 0 Å². The topological polar surface area (TPSA) is 93.3 Å². The zero-order valence-electron chi connectivity index (χ0n) is 13.6. The number of nitrogens with zero attached hydrogens (tertiary/aromatic N) is 2. The zero-order chi connectivity index (χ0) is 17.4. The molecule has 0 unspecified atom stereocenters. The highest BCUT2D eigenvalue weighted by Crippen LogP contribution is 2.27. The summed E-state index contributed by atoms with van der Waals surface area (Å²) < 4.78 is 1.73. The van der Waals surface area contributed by atoms with Gasteiger partial charge in [0.05, 0.1) is 0 Å². The van der Waals surface area contributed by atoms with Gasteiger partial charge in [-0.05, 0) is 24.1 Å². The van der Waals surface area contributed by atoms with Crippen molar-refractivity contribution < 1.29 is 9.90 Å². The Hall–Kier alpha value is -2.67. The molecule has 0 amide bonds. The Labute approximate surface area is 138 Å². The van der Waals surface area contributed by atoms with E-state index in [0.29, 0.717) is 0 Å². The van der Waals surface area contributed by atoms with Gasteiger partial charge in [0.15, 0.2) is 5.78 Å². The molecule has 1 aromatic carbocycles. The summed E-state index contributed by atoms with van der Waals surface area (Å²) in [5.74, 6) is -1.07. The molecule has 2 heterocycles. The van der Waals surface area contributed by atoms with Crippen LogP contribution in [0.4, 0.5) is 0 Å². The van der Waals surface area contributed by atoms with Crippen molar-refractivity contribution >= 4 is 5.78 Å². The van der Waals surface area contributed by atoms with Crippen LogP contribution in [-0.2, 0) is 20.5 Å². The molecule has 2 aromatic rings. The maximum atomic E-state index is 12.7. The molecule has 1 aliphatic rings. The Morgan fingerprint density at radius 3 is 2.71 bits per heavy atom. The third kappa shape index (κ3) is 2.56. The van der Waals surface area contributed by atoms with Crippen molar-refractivity contribution in [1.29, 1.82) is 0 Å². The van der Waals surface area contributed by atoms with Gasteiger partial charge in [0.2, 0.25) is 5.88 Å². The molecule has 0 saturated heterocycles. The van der Waals surface area contributed by atoms with Gasteiger partial charge in [-0.1, -0.05) is 24.3 Å². The highest BCUT2D eigenvalue weighted by molar-refractivity contribution is 5.98. The number of carbonyl (C=O) groups is 1. The van der Waals surface area contributed by atoms with E-state index in [1.165, 1.54) is 19.7 Å². The third-order valence-corrected chi connectivity index (χ3v) is 4.52. The number of nitrogens with one attached hydrogen (secondary N) is 1. The Balaban J connectivity index is 1.98. The van der Waals surface area contributed by atoms with Crippen LogP contribution in [0.15, 0.2) is 33.9 Å². The molecule has 0 radical (unpaired) electrons. The minimum atomic E-state index is -0.773. The second kappa shape index (κ2) is 6.09. The van der Waals surface area contributed by atoms with Crippen LogP contribution in [0.2, 0.25) is 0 Å². The molecule has 0 aliphatic carbocycles. The molecule has 3 rings (SSSR count). The molecule has 2 N–H and O–H groups in total. The van der Waals surface area contributed by atoms with E-state index in [2.05, 4.69) is 5.32 Å². The van der Waals surface area contributed by atoms with Gasteiger partial charge in [0.25, 0.3) is 5.56 Å². The average Bonchev–Trinajstić information content (AvgIpc) is 2.59. The van der Waals surface area contributed by atoms with Gasteiger partial charge in [-0.3, -0.25) is 18.7 Å². The van der Waals surface area contributed by atoms with Crippen molar-refractivity contribution in [1.82, 2.24) is 14.5 Å². The minimum Gasteiger partial charge on any atom is -0.494 e. The van der Waals surface area contributed by atoms with Crippen LogP contribution in [-0.4, -0.2) is 26.6 Å². The standard InChI is InChI=1S/C17H19N3O4/c1-19-15(22)14(16(23)20(2)17(19)24)13(21)9-12-11-6-4-3-5-10(11)7-8-18-12/h3-6,12,18,22H,7-9H2,1-2H3/t12-/m0/s1. The summed E-state index contributed by atoms with van der Waals surface area (Å²) in [5, 5.41) is 13.4. The number of ketones is 1. The number of carbonyl (C=O) groups excluding carboxylic acids is 1. The normalized spacial score (nSPS) is 16.7. The summed E-state index contributed by atoms with van der Waals surface area (Å²) in [6.07, 6.45) is 0.922. The number of benzene rings is 1. The van der Waals surface area contributed by atoms with Gasteiger partial charge < -0.3 is 10.4 Å². The first-order chi connectivity index (χ1) is 11.4. The van der Waals surface area contributed by atoms with Gasteiger partial charge in [-0.15, -0.1) is 0 Å². The van der Waals surface area contributed by atoms with Crippen molar-refractivity contribution in [2.75, 3.05) is 6.54 Å². The summed E-state index contributed by atoms with van der Waals surface area (Å²) in [6, 6.07) is 7.63. The predicted octanol–water partition coefficient (Wildman–Crippen LogP) is 0.249. The Kier molecular flexibility index (Phi) is 4.11. The third-order valence-electron chi connectivity index (χ3n) is 4.52. The zero-order valence-corrected chi connectivity index (χ0v) is 13.6. The lowest BCUT2D eigenvalue weighted by Gasteiger charge is -2.26. The molecule has 24 heavy (non-hydrogen) atoms. The van der Waals surface area contributed by atoms with E-state index >= 15 is 0 Å². The van der Waals surface area contributed by atoms with E-state index < -0.39 is 22.9 Å². The van der Waals surface area contributed by atoms with Gasteiger partial charge in [-0.25, -0.2) is 4.79 Å². The van der Waals surface area contributed by atoms with Crippen LogP contribution in [0.1, 0.15) is 33.9 Å². The minimum absolute atomic E-state index is 0.0397. The lowest BCUT2D eigenvalue weighted by atomic mass is 9.90. The number of rotatable bonds is 3. The van der Waals surface area contributed by atoms with Crippen molar-refractivity contribution in [2.24, 2.45) is 14.1 Å². The molecule has 1 atom stereocenters. The van der Waals surface area contributed by atoms with E-state index in [9.17, 15) is 19.5 Å². The van der Waals surface area contributed by atoms with Crippen LogP contribution in [0, 0.1) is 0 Å². The molecule has 1 aromatic heterocycles. The summed E-state index contributed by atoms with van der Waals surface area (Å²) in [5.41, 5.74) is 0.411. The lowest BCUT2D eigenvalue weighted by molar-refractivity contribution is 0.0960. The van der Waals surface area contributed by atoms with Crippen LogP contribution >= 0.6 is 0 Å². The average molecular weight is 329 g/mol. The molecular formula is C17H19N3O4. The Morgan fingerprint density at radius 2 is 1.96 bits per heavy atom. The SMILES string of the molecule is Cn1c(O)c(C(=O)C[C@@H]2NCCc3ccccc32)c(=O)n(C)c1=O. The molecule has 0 spiro atoms. The highest BCUT2D eigenvalue weighted by atomic mass is 16.3. The molecule has 126 valence electrons. The number of aromatic hydroxyl groups is 1. The fourth-order valence-electron chi connectivity index (χ4n) is 3.14. The quantitative estimate of drug-likeness (QED) is 0.788. The molecule has 0 fully saturated rings. The van der Waals surface area contributed by atoms with Gasteiger partial charge in [0, 0.05) is 26.6 Å². The Bertz CT molecular complexity index is 926. The van der Waals surface area contributed by atoms with Crippen LogP contribution in [0.3, 0.4) is 0 Å². The van der Waals surface area contributed by atoms with Crippen molar-refractivity contribution in [2.45, 2.75) is 18.9 Å². The fourth-order valence-corrected chi connectivity index (χ4v) is 3.14. The summed E-state index contributed by atoms with van der Waals surface area (Å²) in [7, 11) is 2.61. The van der Waals surface area contributed by atoms with Crippen LogP contribution in [0.5, 0.6) is 5.88 Å². The number of hydrogen-bond donors (Lipinski definition) is 2. The van der Waals surface area contributed by atoms with Crippen LogP contribution < -0.4 is 16.6 Å². The number of Topliss-reactive ketones (excluding diaryl/α,β-unsaturated/α-hetero) is 1. The smallest absolute Gasteiger partial charge is 0.333 e. The number of aromatic nitrogens is 2. The molecule has 7 nitrogen and oxygen atoms in total. The maximum absolute atomic E-state index is 12.7. The van der Waals surface area contributed by atoms with E-state index in [-0.39, 0.29) is 18.0 Å². The lowest BCUT2D eigenvalue weighted by Crippen LogP contribution is -2.40. The molecular weight excluding hydrogens is 310 g/mol. The van der Waals surface area contributed by atoms with Crippen LogP contribution in [0.25, 0.3) is 0 Å². The first-order valence-corrected chi connectivity index (χ1v) is 7.75. The monoisotopic (exact) mass is 329 g/mol. The molecule has 0 saturated carbocycles. The second-order valence-corrected chi connectivity index (χ2v) is 5.99. The van der Waals surface area contributed by atoms with E-state index in [1.807, 2.05) is 24.3 Å². The first-order valence-electron chi connectivity index (χ1n) is 7.75. The summed E-state index contributed by atoms with van der Waals surface area (Å²) >= 11 is 0. The van der Waals surface area contributed by atoms with Crippen molar-refractivity contribution in [3.8, 4) is 5.88 Å². The van der Waals surface area contributed by atoms with E-state index in [4.69, 9.17) is 0 Å². The fraction of sp³-hybridized carbons (Fsp3) is 0.353. The van der Waals surface area contributed by atoms with Gasteiger partial charge in [-0.2, -0.15) is 0 Å². The summed E-state index contributed by atoms with van der Waals surface area (Å²) in [6.45, 7) is 0.742. The predicted molar refractivity (Wildman–Crippen MR) is 88.4 cm³/mol. The molecule has 0 bridgehead atoms. The maximum Gasteiger partial charge on any atom is 0.333 e. The number of hydrogen-bond acceptors (Lipinski definition) is 5. The largest absolute Gasteiger partial charge is 0.494 e. The van der Waals surface area contributed by atoms with E-state index in [0.717, 1.165) is 27.7 Å². The summed E-state index contributed by atoms with van der Waals surface area (Å²) in [4.78, 5) is 36.7. The molecule has 7 heteroatoms. The van der Waals surface area contributed by atoms with E-state index in [1.54, 1.807) is 0 Å². The Morgan fingerprint density at radius 1 is 1.25 bits per heavy atom. The number of fused-ring (bicyclic) bond motifs is 1.